The van der Waals surface area contributed by atoms with Crippen LogP contribution in [0.2, 0.25) is 0 Å². The first-order chi connectivity index (χ1) is 8.45. The molecule has 18 heavy (non-hydrogen) atoms. The molecule has 1 unspecified atom stereocenters. The molecule has 0 radical (unpaired) electrons. The summed E-state index contributed by atoms with van der Waals surface area (Å²) >= 11 is 10.6. The fourth-order valence-electron chi connectivity index (χ4n) is 2.20. The molecule has 0 aromatic carbocycles. The molecule has 3 nitrogen and oxygen atoms in total. The van der Waals surface area contributed by atoms with Gasteiger partial charge in [-0.1, -0.05) is 0 Å². The van der Waals surface area contributed by atoms with Crippen molar-refractivity contribution in [3.05, 3.63) is 14.7 Å². The second-order valence-electron chi connectivity index (χ2n) is 4.50. The molecule has 0 bridgehead atoms. The number of halogens is 2. The Morgan fingerprint density at radius 3 is 2.89 bits per heavy atom. The Morgan fingerprint density at radius 1 is 1.61 bits per heavy atom. The first-order valence-corrected chi connectivity index (χ1v) is 9.35. The van der Waals surface area contributed by atoms with Gasteiger partial charge in [0, 0.05) is 23.8 Å². The van der Waals surface area contributed by atoms with Gasteiger partial charge in [0.25, 0.3) is 0 Å². The van der Waals surface area contributed by atoms with Gasteiger partial charge in [0.2, 0.25) is 10.0 Å². The first kappa shape index (κ1) is 14.8. The number of nitrogens with zero attached hydrogens (tertiary/aromatic N) is 1. The molecule has 0 saturated carbocycles. The number of sulfonamides is 1. The van der Waals surface area contributed by atoms with Crippen LogP contribution in [0.1, 0.15) is 17.7 Å². The van der Waals surface area contributed by atoms with Crippen LogP contribution in [-0.2, 0) is 10.0 Å². The Kier molecular flexibility index (Phi) is 4.75. The Labute approximate surface area is 125 Å². The van der Waals surface area contributed by atoms with E-state index in [1.54, 1.807) is 10.4 Å². The normalized spacial score (nSPS) is 22.3. The van der Waals surface area contributed by atoms with Crippen molar-refractivity contribution in [3.63, 3.8) is 0 Å². The van der Waals surface area contributed by atoms with E-state index in [9.17, 15) is 8.42 Å². The molecule has 102 valence electrons. The van der Waals surface area contributed by atoms with E-state index in [0.29, 0.717) is 23.9 Å². The van der Waals surface area contributed by atoms with Crippen molar-refractivity contribution in [2.24, 2.45) is 5.92 Å². The summed E-state index contributed by atoms with van der Waals surface area (Å²) in [7, 11) is -3.36. The largest absolute Gasteiger partial charge is 0.244 e. The monoisotopic (exact) mass is 371 g/mol. The molecule has 2 rings (SSSR count). The molecule has 1 aromatic rings. The highest BCUT2D eigenvalue weighted by molar-refractivity contribution is 9.11. The first-order valence-electron chi connectivity index (χ1n) is 5.77. The van der Waals surface area contributed by atoms with Crippen LogP contribution in [0.5, 0.6) is 0 Å². The van der Waals surface area contributed by atoms with Gasteiger partial charge in [-0.15, -0.1) is 22.9 Å². The lowest BCUT2D eigenvalue weighted by molar-refractivity contribution is 0.283. The summed E-state index contributed by atoms with van der Waals surface area (Å²) in [4.78, 5) is 1.25. The van der Waals surface area contributed by atoms with Crippen LogP contribution in [0.15, 0.2) is 14.7 Å². The molecule has 1 aliphatic heterocycles. The van der Waals surface area contributed by atoms with E-state index in [1.807, 2.05) is 6.92 Å². The minimum Gasteiger partial charge on any atom is -0.207 e. The minimum atomic E-state index is -3.36. The second-order valence-corrected chi connectivity index (χ2v) is 9.35. The lowest BCUT2D eigenvalue weighted by atomic mass is 10.0. The Balaban J connectivity index is 2.28. The number of hydrogen-bond acceptors (Lipinski definition) is 3. The van der Waals surface area contributed by atoms with Gasteiger partial charge in [-0.2, -0.15) is 4.31 Å². The fraction of sp³-hybridized carbons (Fsp3) is 0.636. The summed E-state index contributed by atoms with van der Waals surface area (Å²) in [5, 5.41) is 0. The summed E-state index contributed by atoms with van der Waals surface area (Å²) < 4.78 is 27.5. The van der Waals surface area contributed by atoms with E-state index in [2.05, 4.69) is 15.9 Å². The van der Waals surface area contributed by atoms with Gasteiger partial charge in [0.1, 0.15) is 0 Å². The molecule has 1 aromatic heterocycles. The number of hydrogen-bond donors (Lipinski definition) is 0. The highest BCUT2D eigenvalue weighted by Crippen LogP contribution is 2.33. The van der Waals surface area contributed by atoms with Gasteiger partial charge >= 0.3 is 0 Å². The van der Waals surface area contributed by atoms with Crippen molar-refractivity contribution >= 4 is 48.9 Å². The van der Waals surface area contributed by atoms with E-state index < -0.39 is 10.0 Å². The van der Waals surface area contributed by atoms with Crippen molar-refractivity contribution in [3.8, 4) is 0 Å². The zero-order chi connectivity index (χ0) is 13.3. The molecule has 0 aliphatic carbocycles. The van der Waals surface area contributed by atoms with Crippen molar-refractivity contribution in [2.45, 2.75) is 24.7 Å². The third-order valence-corrected chi connectivity index (χ3v) is 7.27. The van der Waals surface area contributed by atoms with E-state index in [-0.39, 0.29) is 5.92 Å². The van der Waals surface area contributed by atoms with E-state index in [1.165, 1.54) is 11.3 Å². The predicted molar refractivity (Wildman–Crippen MR) is 79.0 cm³/mol. The molecule has 1 fully saturated rings. The summed E-state index contributed by atoms with van der Waals surface area (Å²) in [5.41, 5.74) is 0. The topological polar surface area (TPSA) is 37.4 Å². The van der Waals surface area contributed by atoms with Gasteiger partial charge in [0.05, 0.1) is 8.68 Å². The minimum absolute atomic E-state index is 0.276. The van der Waals surface area contributed by atoms with Crippen LogP contribution >= 0.6 is 38.9 Å². The molecule has 7 heteroatoms. The van der Waals surface area contributed by atoms with Crippen LogP contribution < -0.4 is 0 Å². The lowest BCUT2D eigenvalue weighted by Gasteiger charge is -2.30. The van der Waals surface area contributed by atoms with E-state index in [4.69, 9.17) is 11.6 Å². The van der Waals surface area contributed by atoms with Crippen LogP contribution in [0.25, 0.3) is 0 Å². The highest BCUT2D eigenvalue weighted by atomic mass is 79.9. The van der Waals surface area contributed by atoms with Crippen molar-refractivity contribution < 1.29 is 8.42 Å². The number of rotatable bonds is 3. The Hall–Kier alpha value is 0.380. The Bertz CT molecular complexity index is 529. The third-order valence-electron chi connectivity index (χ3n) is 3.16. The van der Waals surface area contributed by atoms with E-state index in [0.717, 1.165) is 21.5 Å². The molecular formula is C11H15BrClNO2S2. The van der Waals surface area contributed by atoms with Gasteiger partial charge in [-0.25, -0.2) is 8.42 Å². The number of thiophene rings is 1. The van der Waals surface area contributed by atoms with E-state index >= 15 is 0 Å². The van der Waals surface area contributed by atoms with Gasteiger partial charge in [0.15, 0.2) is 0 Å². The molecule has 0 spiro atoms. The summed E-state index contributed by atoms with van der Waals surface area (Å²) in [5.74, 6) is 0.802. The average Bonchev–Trinajstić information content (AvgIpc) is 2.69. The maximum atomic E-state index is 12.6. The third kappa shape index (κ3) is 2.93. The van der Waals surface area contributed by atoms with Crippen LogP contribution in [-0.4, -0.2) is 31.7 Å². The summed E-state index contributed by atoms with van der Waals surface area (Å²) in [6, 6.07) is 1.69. The number of piperidine rings is 1. The predicted octanol–water partition coefficient (Wildman–Crippen LogP) is 3.46. The van der Waals surface area contributed by atoms with Crippen LogP contribution in [0.4, 0.5) is 0 Å². The number of alkyl halides is 1. The van der Waals surface area contributed by atoms with Gasteiger partial charge in [-0.05, 0) is 47.7 Å². The molecule has 1 aliphatic rings. The van der Waals surface area contributed by atoms with Crippen molar-refractivity contribution in [2.75, 3.05) is 19.0 Å². The number of aryl methyl sites for hydroxylation is 1. The fourth-order valence-corrected chi connectivity index (χ4v) is 6.39. The Morgan fingerprint density at radius 2 is 2.33 bits per heavy atom. The molecule has 0 amide bonds. The summed E-state index contributed by atoms with van der Waals surface area (Å²) in [6.45, 7) is 2.98. The van der Waals surface area contributed by atoms with Crippen molar-refractivity contribution in [1.29, 1.82) is 0 Å². The van der Waals surface area contributed by atoms with Crippen molar-refractivity contribution in [1.82, 2.24) is 4.31 Å². The maximum absolute atomic E-state index is 12.6. The quantitative estimate of drug-likeness (QED) is 0.762. The van der Waals surface area contributed by atoms with Gasteiger partial charge in [-0.3, -0.25) is 0 Å². The van der Waals surface area contributed by atoms with Crippen LogP contribution in [0, 0.1) is 12.8 Å². The second kappa shape index (κ2) is 5.79. The maximum Gasteiger partial charge on any atom is 0.244 e. The molecular weight excluding hydrogens is 358 g/mol. The molecule has 1 saturated heterocycles. The SMILES string of the molecule is Cc1sc(Br)cc1S(=O)(=O)N1CCCC(CCl)C1. The highest BCUT2D eigenvalue weighted by Gasteiger charge is 2.31. The zero-order valence-electron chi connectivity index (χ0n) is 10.0. The van der Waals surface area contributed by atoms with Crippen LogP contribution in [0.3, 0.4) is 0 Å². The molecule has 2 heterocycles. The average molecular weight is 373 g/mol. The van der Waals surface area contributed by atoms with Gasteiger partial charge < -0.3 is 0 Å². The smallest absolute Gasteiger partial charge is 0.207 e. The summed E-state index contributed by atoms with van der Waals surface area (Å²) in [6.07, 6.45) is 1.91. The zero-order valence-corrected chi connectivity index (χ0v) is 14.0. The molecule has 1 atom stereocenters. The molecule has 0 N–H and O–H groups in total. The standard InChI is InChI=1S/C11H15BrClNO2S2/c1-8-10(5-11(12)17-8)18(15,16)14-4-2-3-9(6-13)7-14/h5,9H,2-4,6-7H2,1H3. The lowest BCUT2D eigenvalue weighted by Crippen LogP contribution is -2.40.